The third kappa shape index (κ3) is 9.82. The van der Waals surface area contributed by atoms with Crippen molar-refractivity contribution >= 4 is 23.2 Å². The zero-order chi connectivity index (χ0) is 24.9. The lowest BCUT2D eigenvalue weighted by Crippen LogP contribution is -2.41. The van der Waals surface area contributed by atoms with E-state index in [0.29, 0.717) is 5.70 Å². The van der Waals surface area contributed by atoms with Crippen molar-refractivity contribution in [3.05, 3.63) is 72.7 Å². The van der Waals surface area contributed by atoms with E-state index in [1.54, 1.807) is 6.08 Å². The molecule has 0 aromatic carbocycles. The van der Waals surface area contributed by atoms with Crippen LogP contribution in [0.1, 0.15) is 51.9 Å². The summed E-state index contributed by atoms with van der Waals surface area (Å²) in [5.41, 5.74) is 6.82. The highest BCUT2D eigenvalue weighted by Gasteiger charge is 2.40. The second-order valence-corrected chi connectivity index (χ2v) is 8.21. The highest BCUT2D eigenvalue weighted by Crippen LogP contribution is 2.38. The van der Waals surface area contributed by atoms with Gasteiger partial charge in [-0.05, 0) is 55.5 Å². The Bertz CT molecular complexity index is 825. The van der Waals surface area contributed by atoms with Gasteiger partial charge in [-0.1, -0.05) is 56.7 Å². The van der Waals surface area contributed by atoms with E-state index < -0.39 is 18.0 Å². The topological polar surface area (TPSA) is 67.2 Å². The molecule has 0 radical (unpaired) electrons. The molecule has 0 aromatic heterocycles. The van der Waals surface area contributed by atoms with Crippen LogP contribution < -0.4 is 16.4 Å². The number of nitrogens with two attached hydrogens (primary N) is 1. The summed E-state index contributed by atoms with van der Waals surface area (Å²) < 4.78 is 40.2. The number of hydrogen-bond acceptors (Lipinski definition) is 3. The monoisotopic (exact) mass is 481 g/mol. The van der Waals surface area contributed by atoms with Gasteiger partial charge in [0, 0.05) is 18.3 Å². The Kier molecular flexibility index (Phi) is 12.5. The Morgan fingerprint density at radius 3 is 2.64 bits per heavy atom. The molecule has 1 aliphatic carbocycles. The molecule has 0 saturated carbocycles. The Morgan fingerprint density at radius 2 is 2.06 bits per heavy atom. The number of thiocarbonyl (C=S) groups is 1. The zero-order valence-electron chi connectivity index (χ0n) is 19.1. The van der Waals surface area contributed by atoms with E-state index in [0.717, 1.165) is 50.3 Å². The van der Waals surface area contributed by atoms with Gasteiger partial charge in [-0.25, -0.2) is 0 Å². The van der Waals surface area contributed by atoms with Gasteiger partial charge in [0.25, 0.3) is 5.91 Å². The fourth-order valence-corrected chi connectivity index (χ4v) is 3.83. The Hall–Kier alpha value is -2.61. The fraction of sp³-hybridized carbons (Fsp3) is 0.440. The van der Waals surface area contributed by atoms with Crippen LogP contribution in [0.5, 0.6) is 0 Å². The quantitative estimate of drug-likeness (QED) is 0.103. The van der Waals surface area contributed by atoms with E-state index in [1.165, 1.54) is 24.3 Å². The smallest absolute Gasteiger partial charge is 0.395 e. The van der Waals surface area contributed by atoms with Crippen molar-refractivity contribution in [2.75, 3.05) is 0 Å². The molecule has 2 unspecified atom stereocenters. The van der Waals surface area contributed by atoms with Crippen molar-refractivity contribution in [3.63, 3.8) is 0 Å². The number of allylic oxidation sites excluding steroid dienone is 7. The third-order valence-electron chi connectivity index (χ3n) is 5.44. The first-order valence-corrected chi connectivity index (χ1v) is 11.5. The van der Waals surface area contributed by atoms with Crippen LogP contribution in [0.2, 0.25) is 0 Å². The predicted molar refractivity (Wildman–Crippen MR) is 133 cm³/mol. The molecule has 0 aliphatic heterocycles. The second kappa shape index (κ2) is 14.5. The number of carbonyl (C=O) groups is 1. The van der Waals surface area contributed by atoms with E-state index in [9.17, 15) is 18.0 Å². The molecular formula is C25H34F3N3OS. The molecular weight excluding hydrogens is 447 g/mol. The van der Waals surface area contributed by atoms with Crippen LogP contribution >= 0.6 is 12.2 Å². The molecule has 0 aromatic rings. The van der Waals surface area contributed by atoms with Gasteiger partial charge >= 0.3 is 6.18 Å². The maximum Gasteiger partial charge on any atom is 0.395 e. The molecule has 4 N–H and O–H groups in total. The zero-order valence-corrected chi connectivity index (χ0v) is 19.9. The number of halogens is 3. The predicted octanol–water partition coefficient (Wildman–Crippen LogP) is 6.12. The number of nitrogens with one attached hydrogen (secondary N) is 2. The van der Waals surface area contributed by atoms with Crippen molar-refractivity contribution < 1.29 is 18.0 Å². The number of carbonyl (C=O) groups excluding carboxylic acids is 1. The van der Waals surface area contributed by atoms with Crippen LogP contribution in [0.15, 0.2) is 72.7 Å². The SMILES string of the molecule is C=C/C=C\C(=C/N)C(=O)NC(=S)NC1=C(C(CC)CCCCCC=C)C=CC(C(F)(F)F)C1. The van der Waals surface area contributed by atoms with Crippen molar-refractivity contribution in [1.29, 1.82) is 0 Å². The largest absolute Gasteiger partial charge is 0.404 e. The molecule has 0 heterocycles. The number of unbranched alkanes of at least 4 members (excludes halogenated alkanes) is 3. The van der Waals surface area contributed by atoms with Crippen LogP contribution in [-0.2, 0) is 4.79 Å². The van der Waals surface area contributed by atoms with Crippen molar-refractivity contribution in [1.82, 2.24) is 10.6 Å². The lowest BCUT2D eigenvalue weighted by atomic mass is 9.83. The molecule has 4 nitrogen and oxygen atoms in total. The molecule has 0 bridgehead atoms. The Labute approximate surface area is 200 Å². The van der Waals surface area contributed by atoms with Gasteiger partial charge in [0.1, 0.15) is 0 Å². The molecule has 1 aliphatic rings. The standard InChI is InChI=1S/C25H34F3N3OS/c1-4-7-9-10-11-13-18(6-3)21-15-14-20(25(26,27)28)16-22(21)30-24(33)31-23(32)19(17-29)12-8-5-2/h4-5,8,12,14-15,17-18,20H,1-2,6-7,9-11,13,16,29H2,3H3,(H2,30,31,32,33)/b12-8-,19-17+. The first-order valence-electron chi connectivity index (χ1n) is 11.1. The molecule has 1 rings (SSSR count). The number of alkyl halides is 3. The maximum atomic E-state index is 13.4. The van der Waals surface area contributed by atoms with Crippen LogP contribution in [0.3, 0.4) is 0 Å². The van der Waals surface area contributed by atoms with E-state index in [2.05, 4.69) is 23.8 Å². The van der Waals surface area contributed by atoms with Crippen molar-refractivity contribution in [2.45, 2.75) is 58.0 Å². The lowest BCUT2D eigenvalue weighted by Gasteiger charge is -2.29. The molecule has 8 heteroatoms. The van der Waals surface area contributed by atoms with E-state index in [1.807, 2.05) is 13.0 Å². The van der Waals surface area contributed by atoms with E-state index >= 15 is 0 Å². The average Bonchev–Trinajstić information content (AvgIpc) is 2.76. The van der Waals surface area contributed by atoms with Crippen molar-refractivity contribution in [2.24, 2.45) is 17.6 Å². The summed E-state index contributed by atoms with van der Waals surface area (Å²) in [4.78, 5) is 12.4. The van der Waals surface area contributed by atoms with Crippen LogP contribution in [-0.4, -0.2) is 17.2 Å². The number of rotatable bonds is 12. The number of amides is 1. The minimum atomic E-state index is -4.36. The minimum Gasteiger partial charge on any atom is -0.404 e. The van der Waals surface area contributed by atoms with Gasteiger partial charge in [-0.3, -0.25) is 10.1 Å². The molecule has 0 saturated heterocycles. The van der Waals surface area contributed by atoms with Crippen molar-refractivity contribution in [3.8, 4) is 0 Å². The van der Waals surface area contributed by atoms with Gasteiger partial charge in [0.05, 0.1) is 11.5 Å². The Morgan fingerprint density at radius 1 is 1.33 bits per heavy atom. The minimum absolute atomic E-state index is 0.0732. The molecule has 0 fully saturated rings. The molecule has 2 atom stereocenters. The Balaban J connectivity index is 3.03. The third-order valence-corrected chi connectivity index (χ3v) is 5.64. The summed E-state index contributed by atoms with van der Waals surface area (Å²) in [7, 11) is 0. The van der Waals surface area contributed by atoms with Crippen LogP contribution in [0.25, 0.3) is 0 Å². The maximum absolute atomic E-state index is 13.4. The second-order valence-electron chi connectivity index (χ2n) is 7.80. The highest BCUT2D eigenvalue weighted by molar-refractivity contribution is 7.80. The van der Waals surface area contributed by atoms with Gasteiger partial charge in [0.15, 0.2) is 5.11 Å². The number of hydrogen-bond donors (Lipinski definition) is 3. The van der Waals surface area contributed by atoms with Gasteiger partial charge in [-0.15, -0.1) is 6.58 Å². The molecule has 1 amide bonds. The summed E-state index contributed by atoms with van der Waals surface area (Å²) in [6, 6.07) is 0. The first-order chi connectivity index (χ1) is 15.7. The molecule has 33 heavy (non-hydrogen) atoms. The summed E-state index contributed by atoms with van der Waals surface area (Å²) in [5.74, 6) is -2.08. The van der Waals surface area contributed by atoms with Gasteiger partial charge < -0.3 is 11.1 Å². The van der Waals surface area contributed by atoms with Crippen LogP contribution in [0.4, 0.5) is 13.2 Å². The van der Waals surface area contributed by atoms with Gasteiger partial charge in [-0.2, -0.15) is 13.2 Å². The lowest BCUT2D eigenvalue weighted by molar-refractivity contribution is -0.161. The van der Waals surface area contributed by atoms with Crippen LogP contribution in [0, 0.1) is 11.8 Å². The molecule has 0 spiro atoms. The fourth-order valence-electron chi connectivity index (χ4n) is 3.61. The summed E-state index contributed by atoms with van der Waals surface area (Å²) in [6.07, 6.45) is 11.3. The molecule has 182 valence electrons. The van der Waals surface area contributed by atoms with Gasteiger partial charge in [0.2, 0.25) is 0 Å². The highest BCUT2D eigenvalue weighted by atomic mass is 32.1. The summed E-state index contributed by atoms with van der Waals surface area (Å²) in [5, 5.41) is 5.27. The first kappa shape index (κ1) is 28.4. The van der Waals surface area contributed by atoms with E-state index in [-0.39, 0.29) is 23.0 Å². The normalized spacial score (nSPS) is 17.7. The summed E-state index contributed by atoms with van der Waals surface area (Å²) >= 11 is 5.23. The summed E-state index contributed by atoms with van der Waals surface area (Å²) in [6.45, 7) is 9.27. The average molecular weight is 482 g/mol. The van der Waals surface area contributed by atoms with E-state index in [4.69, 9.17) is 18.0 Å².